The number of amides is 1. The number of carbonyl (C=O) groups excluding carboxylic acids is 1. The second kappa shape index (κ2) is 9.39. The van der Waals surface area contributed by atoms with Crippen molar-refractivity contribution in [2.24, 2.45) is 5.92 Å². The zero-order chi connectivity index (χ0) is 18.2. The third-order valence-corrected chi connectivity index (χ3v) is 4.91. The minimum Gasteiger partial charge on any atom is -0.492 e. The molecule has 2 aromatic rings. The molecule has 4 heteroatoms. The highest BCUT2D eigenvalue weighted by atomic mass is 16.5. The van der Waals surface area contributed by atoms with Gasteiger partial charge in [-0.1, -0.05) is 30.3 Å². The standard InChI is InChI=1S/C22H28N2O2/c1-24(14-15-26-21-7-3-2-4-8-21)22(25)20-11-9-18(10-12-20)16-19-6-5-13-23-17-19/h2-4,7-12,19,23H,5-6,13-17H2,1H3/t19-/m0/s1. The monoisotopic (exact) mass is 352 g/mol. The fourth-order valence-corrected chi connectivity index (χ4v) is 3.35. The van der Waals surface area contributed by atoms with Gasteiger partial charge in [0.2, 0.25) is 0 Å². The molecule has 0 radical (unpaired) electrons. The second-order valence-electron chi connectivity index (χ2n) is 7.00. The van der Waals surface area contributed by atoms with Crippen LogP contribution in [0.15, 0.2) is 54.6 Å². The highest BCUT2D eigenvalue weighted by Crippen LogP contribution is 2.17. The Balaban J connectivity index is 1.47. The zero-order valence-electron chi connectivity index (χ0n) is 15.5. The van der Waals surface area contributed by atoms with E-state index in [4.69, 9.17) is 4.74 Å². The lowest BCUT2D eigenvalue weighted by atomic mass is 9.92. The molecule has 1 aliphatic rings. The number of piperidine rings is 1. The average Bonchev–Trinajstić information content (AvgIpc) is 2.69. The molecule has 1 fully saturated rings. The minimum absolute atomic E-state index is 0.0348. The number of carbonyl (C=O) groups is 1. The summed E-state index contributed by atoms with van der Waals surface area (Å²) in [4.78, 5) is 14.3. The maximum Gasteiger partial charge on any atom is 0.253 e. The van der Waals surface area contributed by atoms with Gasteiger partial charge in [0.25, 0.3) is 5.91 Å². The summed E-state index contributed by atoms with van der Waals surface area (Å²) in [5, 5.41) is 3.46. The van der Waals surface area contributed by atoms with Crippen molar-refractivity contribution in [3.8, 4) is 5.75 Å². The van der Waals surface area contributed by atoms with Crippen LogP contribution in [0.5, 0.6) is 5.75 Å². The van der Waals surface area contributed by atoms with E-state index in [9.17, 15) is 4.79 Å². The summed E-state index contributed by atoms with van der Waals surface area (Å²) in [6.07, 6.45) is 3.64. The molecule has 0 bridgehead atoms. The average molecular weight is 352 g/mol. The van der Waals surface area contributed by atoms with Gasteiger partial charge >= 0.3 is 0 Å². The predicted octanol–water partition coefficient (Wildman–Crippen LogP) is 3.38. The summed E-state index contributed by atoms with van der Waals surface area (Å²) >= 11 is 0. The number of ether oxygens (including phenoxy) is 1. The van der Waals surface area contributed by atoms with Gasteiger partial charge in [-0.25, -0.2) is 0 Å². The summed E-state index contributed by atoms with van der Waals surface area (Å²) < 4.78 is 5.67. The van der Waals surface area contributed by atoms with Crippen LogP contribution in [0, 0.1) is 5.92 Å². The van der Waals surface area contributed by atoms with E-state index in [2.05, 4.69) is 17.4 Å². The first-order valence-corrected chi connectivity index (χ1v) is 9.45. The third-order valence-electron chi connectivity index (χ3n) is 4.91. The molecule has 4 nitrogen and oxygen atoms in total. The molecular weight excluding hydrogens is 324 g/mol. The molecule has 1 aliphatic heterocycles. The Labute approximate surface area is 156 Å². The summed E-state index contributed by atoms with van der Waals surface area (Å²) in [7, 11) is 1.82. The number of nitrogens with one attached hydrogen (secondary N) is 1. The van der Waals surface area contributed by atoms with Gasteiger partial charge in [-0.2, -0.15) is 0 Å². The van der Waals surface area contributed by atoms with Crippen molar-refractivity contribution in [1.82, 2.24) is 10.2 Å². The largest absolute Gasteiger partial charge is 0.492 e. The van der Waals surface area contributed by atoms with E-state index in [0.29, 0.717) is 19.1 Å². The lowest BCUT2D eigenvalue weighted by molar-refractivity contribution is 0.0774. The van der Waals surface area contributed by atoms with E-state index in [1.54, 1.807) is 4.90 Å². The van der Waals surface area contributed by atoms with Crippen LogP contribution in [0.2, 0.25) is 0 Å². The number of nitrogens with zero attached hydrogens (tertiary/aromatic N) is 1. The van der Waals surface area contributed by atoms with Crippen LogP contribution in [-0.2, 0) is 6.42 Å². The molecule has 138 valence electrons. The Kier molecular flexibility index (Phi) is 6.67. The van der Waals surface area contributed by atoms with Crippen LogP contribution in [0.1, 0.15) is 28.8 Å². The fourth-order valence-electron chi connectivity index (χ4n) is 3.35. The smallest absolute Gasteiger partial charge is 0.253 e. The molecule has 0 saturated carbocycles. The third kappa shape index (κ3) is 5.33. The zero-order valence-corrected chi connectivity index (χ0v) is 15.5. The first kappa shape index (κ1) is 18.5. The van der Waals surface area contributed by atoms with E-state index in [1.165, 1.54) is 18.4 Å². The lowest BCUT2D eigenvalue weighted by Gasteiger charge is -2.23. The Morgan fingerprint density at radius 2 is 1.92 bits per heavy atom. The summed E-state index contributed by atoms with van der Waals surface area (Å²) in [6.45, 7) is 3.29. The second-order valence-corrected chi connectivity index (χ2v) is 7.00. The van der Waals surface area contributed by atoms with Crippen molar-refractivity contribution < 1.29 is 9.53 Å². The van der Waals surface area contributed by atoms with E-state index in [0.717, 1.165) is 30.8 Å². The number of likely N-dealkylation sites (N-methyl/N-ethyl adjacent to an activating group) is 1. The van der Waals surface area contributed by atoms with Crippen LogP contribution in [0.25, 0.3) is 0 Å². The van der Waals surface area contributed by atoms with E-state index in [-0.39, 0.29) is 5.91 Å². The highest BCUT2D eigenvalue weighted by molar-refractivity contribution is 5.94. The topological polar surface area (TPSA) is 41.6 Å². The van der Waals surface area contributed by atoms with E-state index >= 15 is 0 Å². The van der Waals surface area contributed by atoms with Crippen molar-refractivity contribution in [3.05, 3.63) is 65.7 Å². The molecule has 3 rings (SSSR count). The predicted molar refractivity (Wildman–Crippen MR) is 105 cm³/mol. The first-order chi connectivity index (χ1) is 12.7. The summed E-state index contributed by atoms with van der Waals surface area (Å²) in [5.74, 6) is 1.57. The number of hydrogen-bond acceptors (Lipinski definition) is 3. The van der Waals surface area contributed by atoms with E-state index < -0.39 is 0 Å². The molecular formula is C22H28N2O2. The number of hydrogen-bond donors (Lipinski definition) is 1. The molecule has 1 N–H and O–H groups in total. The molecule has 1 saturated heterocycles. The molecule has 0 aliphatic carbocycles. The quantitative estimate of drug-likeness (QED) is 0.831. The Morgan fingerprint density at radius 3 is 2.62 bits per heavy atom. The molecule has 2 aromatic carbocycles. The normalized spacial score (nSPS) is 16.9. The van der Waals surface area contributed by atoms with Gasteiger partial charge in [-0.3, -0.25) is 4.79 Å². The Bertz CT molecular complexity index is 679. The van der Waals surface area contributed by atoms with Crippen LogP contribution >= 0.6 is 0 Å². The minimum atomic E-state index is 0.0348. The maximum absolute atomic E-state index is 12.5. The van der Waals surface area contributed by atoms with E-state index in [1.807, 2.05) is 49.5 Å². The molecule has 0 aromatic heterocycles. The SMILES string of the molecule is CN(CCOc1ccccc1)C(=O)c1ccc(C[C@@H]2CCCNC2)cc1. The number of para-hydroxylation sites is 1. The fraction of sp³-hybridized carbons (Fsp3) is 0.409. The number of rotatable bonds is 7. The lowest BCUT2D eigenvalue weighted by Crippen LogP contribution is -2.31. The maximum atomic E-state index is 12.5. The Morgan fingerprint density at radius 1 is 1.15 bits per heavy atom. The van der Waals surface area contributed by atoms with Crippen molar-refractivity contribution in [2.45, 2.75) is 19.3 Å². The van der Waals surface area contributed by atoms with Gasteiger partial charge < -0.3 is 15.0 Å². The van der Waals surface area contributed by atoms with Crippen LogP contribution in [-0.4, -0.2) is 44.1 Å². The number of benzene rings is 2. The van der Waals surface area contributed by atoms with Gasteiger partial charge in [0.1, 0.15) is 12.4 Å². The summed E-state index contributed by atoms with van der Waals surface area (Å²) in [6, 6.07) is 17.8. The van der Waals surface area contributed by atoms with Gasteiger partial charge in [0, 0.05) is 12.6 Å². The van der Waals surface area contributed by atoms with Gasteiger partial charge in [0.05, 0.1) is 6.54 Å². The molecule has 0 spiro atoms. The van der Waals surface area contributed by atoms with Gasteiger partial charge in [-0.15, -0.1) is 0 Å². The summed E-state index contributed by atoms with van der Waals surface area (Å²) in [5.41, 5.74) is 2.04. The first-order valence-electron chi connectivity index (χ1n) is 9.45. The molecule has 26 heavy (non-hydrogen) atoms. The van der Waals surface area contributed by atoms with Gasteiger partial charge in [-0.05, 0) is 68.1 Å². The molecule has 1 atom stereocenters. The molecule has 1 amide bonds. The Hall–Kier alpha value is -2.33. The van der Waals surface area contributed by atoms with Crippen molar-refractivity contribution in [1.29, 1.82) is 0 Å². The van der Waals surface area contributed by atoms with Crippen molar-refractivity contribution in [3.63, 3.8) is 0 Å². The van der Waals surface area contributed by atoms with Crippen LogP contribution < -0.4 is 10.1 Å². The van der Waals surface area contributed by atoms with Crippen LogP contribution in [0.3, 0.4) is 0 Å². The molecule has 1 heterocycles. The van der Waals surface area contributed by atoms with Crippen LogP contribution in [0.4, 0.5) is 0 Å². The van der Waals surface area contributed by atoms with Crippen molar-refractivity contribution in [2.75, 3.05) is 33.3 Å². The van der Waals surface area contributed by atoms with Crippen molar-refractivity contribution >= 4 is 5.91 Å². The molecule has 0 unspecified atom stereocenters. The van der Waals surface area contributed by atoms with Gasteiger partial charge in [0.15, 0.2) is 0 Å². The highest BCUT2D eigenvalue weighted by Gasteiger charge is 2.15.